The minimum atomic E-state index is 0.373. The van der Waals surface area contributed by atoms with Gasteiger partial charge in [0.1, 0.15) is 0 Å². The number of H-pyrrole nitrogens is 2. The monoisotopic (exact) mass is 317 g/mol. The maximum absolute atomic E-state index is 4.55. The molecule has 0 spiro atoms. The van der Waals surface area contributed by atoms with Crippen molar-refractivity contribution in [2.24, 2.45) is 0 Å². The van der Waals surface area contributed by atoms with E-state index in [1.807, 2.05) is 6.07 Å². The van der Waals surface area contributed by atoms with Gasteiger partial charge in [-0.1, -0.05) is 51.1 Å². The van der Waals surface area contributed by atoms with E-state index >= 15 is 0 Å². The summed E-state index contributed by atoms with van der Waals surface area (Å²) in [6.45, 7) is 6.73. The summed E-state index contributed by atoms with van der Waals surface area (Å²) >= 11 is 0. The molecule has 0 aliphatic rings. The molecular weight excluding hydrogens is 294 g/mol. The van der Waals surface area contributed by atoms with Crippen LogP contribution in [0, 0.1) is 0 Å². The van der Waals surface area contributed by atoms with Gasteiger partial charge in [-0.05, 0) is 35.6 Å². The molecule has 4 aromatic rings. The van der Waals surface area contributed by atoms with Crippen molar-refractivity contribution in [1.82, 2.24) is 15.2 Å². The predicted molar refractivity (Wildman–Crippen MR) is 101 cm³/mol. The standard InChI is InChI=1S/C21H23N3/c1-13(2)18-12-22-20-11-15(8-9-16(18)20)10-14(3)21-17-6-4-5-7-19(17)23-24-21/h4-9,11-14,22H,10H2,1-3H3,(H,23,24). The van der Waals surface area contributed by atoms with E-state index in [-0.39, 0.29) is 0 Å². The van der Waals surface area contributed by atoms with E-state index in [1.165, 1.54) is 27.4 Å². The summed E-state index contributed by atoms with van der Waals surface area (Å²) in [6, 6.07) is 15.1. The summed E-state index contributed by atoms with van der Waals surface area (Å²) in [5.41, 5.74) is 6.23. The lowest BCUT2D eigenvalue weighted by Crippen LogP contribution is -1.99. The van der Waals surface area contributed by atoms with E-state index in [1.54, 1.807) is 0 Å². The zero-order chi connectivity index (χ0) is 16.7. The molecule has 2 N–H and O–H groups in total. The quantitative estimate of drug-likeness (QED) is 0.512. The summed E-state index contributed by atoms with van der Waals surface area (Å²) < 4.78 is 0. The normalized spacial score (nSPS) is 13.2. The average molecular weight is 317 g/mol. The maximum atomic E-state index is 4.55. The van der Waals surface area contributed by atoms with Crippen LogP contribution in [0.25, 0.3) is 21.8 Å². The number of nitrogens with zero attached hydrogens (tertiary/aromatic N) is 1. The third-order valence-electron chi connectivity index (χ3n) is 4.91. The Morgan fingerprint density at radius 2 is 1.79 bits per heavy atom. The first-order chi connectivity index (χ1) is 11.6. The van der Waals surface area contributed by atoms with Gasteiger partial charge in [-0.2, -0.15) is 5.10 Å². The van der Waals surface area contributed by atoms with Crippen LogP contribution in [0.5, 0.6) is 0 Å². The summed E-state index contributed by atoms with van der Waals surface area (Å²) in [7, 11) is 0. The highest BCUT2D eigenvalue weighted by atomic mass is 15.1. The van der Waals surface area contributed by atoms with Gasteiger partial charge >= 0.3 is 0 Å². The second kappa shape index (κ2) is 5.82. The second-order valence-electron chi connectivity index (χ2n) is 7.04. The van der Waals surface area contributed by atoms with Crippen LogP contribution in [0.1, 0.15) is 49.4 Å². The lowest BCUT2D eigenvalue weighted by atomic mass is 9.94. The molecule has 2 aromatic carbocycles. The van der Waals surface area contributed by atoms with Crippen LogP contribution < -0.4 is 0 Å². The molecule has 122 valence electrons. The van der Waals surface area contributed by atoms with Crippen LogP contribution in [0.3, 0.4) is 0 Å². The number of hydrogen-bond acceptors (Lipinski definition) is 1. The third-order valence-corrected chi connectivity index (χ3v) is 4.91. The van der Waals surface area contributed by atoms with Crippen LogP contribution in [-0.2, 0) is 6.42 Å². The number of para-hydroxylation sites is 1. The molecule has 3 nitrogen and oxygen atoms in total. The largest absolute Gasteiger partial charge is 0.361 e. The molecule has 0 saturated heterocycles. The number of rotatable bonds is 4. The van der Waals surface area contributed by atoms with Gasteiger partial charge in [-0.25, -0.2) is 0 Å². The first-order valence-corrected chi connectivity index (χ1v) is 8.66. The zero-order valence-electron chi connectivity index (χ0n) is 14.4. The molecule has 3 heteroatoms. The molecule has 0 aliphatic carbocycles. The molecule has 2 heterocycles. The Kier molecular flexibility index (Phi) is 3.64. The van der Waals surface area contributed by atoms with Gasteiger partial charge in [0.15, 0.2) is 0 Å². The molecule has 0 saturated carbocycles. The van der Waals surface area contributed by atoms with Gasteiger partial charge in [0.25, 0.3) is 0 Å². The minimum Gasteiger partial charge on any atom is -0.361 e. The maximum Gasteiger partial charge on any atom is 0.0732 e. The van der Waals surface area contributed by atoms with Crippen molar-refractivity contribution in [3.05, 3.63) is 65.5 Å². The first kappa shape index (κ1) is 15.0. The molecule has 1 atom stereocenters. The van der Waals surface area contributed by atoms with Gasteiger partial charge in [0.2, 0.25) is 0 Å². The van der Waals surface area contributed by atoms with Crippen LogP contribution in [0.2, 0.25) is 0 Å². The van der Waals surface area contributed by atoms with Crippen molar-refractivity contribution in [1.29, 1.82) is 0 Å². The van der Waals surface area contributed by atoms with Gasteiger partial charge in [0.05, 0.1) is 11.2 Å². The van der Waals surface area contributed by atoms with Crippen molar-refractivity contribution < 1.29 is 0 Å². The third kappa shape index (κ3) is 2.50. The van der Waals surface area contributed by atoms with Crippen molar-refractivity contribution >= 4 is 21.8 Å². The van der Waals surface area contributed by atoms with Crippen LogP contribution in [0.15, 0.2) is 48.7 Å². The Morgan fingerprint density at radius 3 is 2.62 bits per heavy atom. The Labute approximate surface area is 142 Å². The Bertz CT molecular complexity index is 991. The Balaban J connectivity index is 1.64. The number of hydrogen-bond donors (Lipinski definition) is 2. The van der Waals surface area contributed by atoms with E-state index in [2.05, 4.69) is 78.5 Å². The number of aromatic nitrogens is 3. The zero-order valence-corrected chi connectivity index (χ0v) is 14.4. The second-order valence-corrected chi connectivity index (χ2v) is 7.04. The highest BCUT2D eigenvalue weighted by Gasteiger charge is 2.14. The van der Waals surface area contributed by atoms with Crippen LogP contribution in [-0.4, -0.2) is 15.2 Å². The molecule has 0 bridgehead atoms. The van der Waals surface area contributed by atoms with E-state index in [4.69, 9.17) is 0 Å². The van der Waals surface area contributed by atoms with E-state index < -0.39 is 0 Å². The smallest absolute Gasteiger partial charge is 0.0732 e. The highest BCUT2D eigenvalue weighted by Crippen LogP contribution is 2.29. The highest BCUT2D eigenvalue weighted by molar-refractivity contribution is 5.84. The van der Waals surface area contributed by atoms with E-state index in [9.17, 15) is 0 Å². The topological polar surface area (TPSA) is 44.5 Å². The lowest BCUT2D eigenvalue weighted by Gasteiger charge is -2.10. The Morgan fingerprint density at radius 1 is 0.958 bits per heavy atom. The van der Waals surface area contributed by atoms with Gasteiger partial charge < -0.3 is 4.98 Å². The minimum absolute atomic E-state index is 0.373. The molecule has 0 fully saturated rings. The molecule has 0 aliphatic heterocycles. The van der Waals surface area contributed by atoms with Crippen molar-refractivity contribution in [3.8, 4) is 0 Å². The fourth-order valence-corrected chi connectivity index (χ4v) is 3.61. The number of nitrogens with one attached hydrogen (secondary N) is 2. The summed E-state index contributed by atoms with van der Waals surface area (Å²) in [4.78, 5) is 3.43. The Hall–Kier alpha value is -2.55. The van der Waals surface area contributed by atoms with Crippen molar-refractivity contribution in [2.75, 3.05) is 0 Å². The fraction of sp³-hybridized carbons (Fsp3) is 0.286. The molecule has 24 heavy (non-hydrogen) atoms. The molecule has 2 aromatic heterocycles. The first-order valence-electron chi connectivity index (χ1n) is 8.66. The SMILES string of the molecule is CC(C)c1c[nH]c2cc(CC(C)c3n[nH]c4ccccc34)ccc12. The molecule has 4 rings (SSSR count). The number of fused-ring (bicyclic) bond motifs is 2. The molecule has 1 unspecified atom stereocenters. The average Bonchev–Trinajstić information content (AvgIpc) is 3.18. The number of benzene rings is 2. The summed E-state index contributed by atoms with van der Waals surface area (Å²) in [6.07, 6.45) is 3.13. The summed E-state index contributed by atoms with van der Waals surface area (Å²) in [5.74, 6) is 0.914. The van der Waals surface area contributed by atoms with Crippen LogP contribution >= 0.6 is 0 Å². The summed E-state index contributed by atoms with van der Waals surface area (Å²) in [5, 5.41) is 10.3. The predicted octanol–water partition coefficient (Wildman–Crippen LogP) is 5.51. The van der Waals surface area contributed by atoms with Gasteiger partial charge in [-0.15, -0.1) is 0 Å². The van der Waals surface area contributed by atoms with Gasteiger partial charge in [-0.3, -0.25) is 5.10 Å². The lowest BCUT2D eigenvalue weighted by molar-refractivity contribution is 0.731. The van der Waals surface area contributed by atoms with E-state index in [0.717, 1.165) is 17.6 Å². The van der Waals surface area contributed by atoms with E-state index in [0.29, 0.717) is 11.8 Å². The molecule has 0 amide bonds. The van der Waals surface area contributed by atoms with Crippen LogP contribution in [0.4, 0.5) is 0 Å². The van der Waals surface area contributed by atoms with Crippen molar-refractivity contribution in [3.63, 3.8) is 0 Å². The van der Waals surface area contributed by atoms with Crippen molar-refractivity contribution in [2.45, 2.75) is 39.0 Å². The van der Waals surface area contributed by atoms with Gasteiger partial charge in [0, 0.05) is 28.4 Å². The molecule has 0 radical (unpaired) electrons. The number of aromatic amines is 2. The fourth-order valence-electron chi connectivity index (χ4n) is 3.61. The molecular formula is C21H23N3.